The second-order valence-corrected chi connectivity index (χ2v) is 5.89. The van der Waals surface area contributed by atoms with Gasteiger partial charge in [0.1, 0.15) is 5.82 Å². The highest BCUT2D eigenvalue weighted by Crippen LogP contribution is 2.23. The molecular weight excluding hydrogens is 332 g/mol. The molecule has 0 saturated heterocycles. The quantitative estimate of drug-likeness (QED) is 0.885. The van der Waals surface area contributed by atoms with Crippen LogP contribution in [0.25, 0.3) is 0 Å². The molecule has 0 aliphatic carbocycles. The zero-order chi connectivity index (χ0) is 15.4. The number of amides is 1. The van der Waals surface area contributed by atoms with E-state index in [1.807, 2.05) is 39.0 Å². The normalized spacial score (nSPS) is 10.5. The molecular formula is C15H17BrN4O. The van der Waals surface area contributed by atoms with Gasteiger partial charge in [-0.05, 0) is 66.5 Å². The van der Waals surface area contributed by atoms with Gasteiger partial charge in [-0.15, -0.1) is 10.2 Å². The van der Waals surface area contributed by atoms with Crippen LogP contribution >= 0.6 is 15.9 Å². The third kappa shape index (κ3) is 4.26. The van der Waals surface area contributed by atoms with E-state index in [2.05, 4.69) is 36.8 Å². The molecule has 110 valence electrons. The van der Waals surface area contributed by atoms with Gasteiger partial charge >= 0.3 is 0 Å². The van der Waals surface area contributed by atoms with Crippen molar-refractivity contribution in [1.82, 2.24) is 10.2 Å². The fourth-order valence-corrected chi connectivity index (χ4v) is 2.33. The summed E-state index contributed by atoms with van der Waals surface area (Å²) in [6.45, 7) is 6.01. The summed E-state index contributed by atoms with van der Waals surface area (Å²) in [5.41, 5.74) is 2.09. The number of nitrogens with one attached hydrogen (secondary N) is 2. The van der Waals surface area contributed by atoms with Crippen LogP contribution in [0, 0.1) is 6.92 Å². The predicted octanol–water partition coefficient (Wildman–Crippen LogP) is 3.62. The Morgan fingerprint density at radius 1 is 1.19 bits per heavy atom. The smallest absolute Gasteiger partial charge is 0.276 e. The molecule has 1 amide bonds. The lowest BCUT2D eigenvalue weighted by Gasteiger charge is -2.09. The number of anilines is 2. The highest BCUT2D eigenvalue weighted by Gasteiger charge is 2.10. The lowest BCUT2D eigenvalue weighted by Crippen LogP contribution is -2.16. The first-order valence-corrected chi connectivity index (χ1v) is 7.43. The minimum absolute atomic E-state index is 0.266. The van der Waals surface area contributed by atoms with Crippen LogP contribution in [0.2, 0.25) is 0 Å². The van der Waals surface area contributed by atoms with E-state index in [1.165, 1.54) is 0 Å². The van der Waals surface area contributed by atoms with Crippen LogP contribution in [0.5, 0.6) is 0 Å². The topological polar surface area (TPSA) is 66.9 Å². The van der Waals surface area contributed by atoms with Gasteiger partial charge in [0.2, 0.25) is 0 Å². The Morgan fingerprint density at radius 3 is 2.52 bits per heavy atom. The van der Waals surface area contributed by atoms with Crippen molar-refractivity contribution < 1.29 is 4.79 Å². The summed E-state index contributed by atoms with van der Waals surface area (Å²) in [7, 11) is 0. The highest BCUT2D eigenvalue weighted by molar-refractivity contribution is 9.10. The monoisotopic (exact) mass is 348 g/mol. The largest absolute Gasteiger partial charge is 0.366 e. The van der Waals surface area contributed by atoms with Crippen molar-refractivity contribution in [2.45, 2.75) is 26.8 Å². The van der Waals surface area contributed by atoms with E-state index >= 15 is 0 Å². The van der Waals surface area contributed by atoms with Gasteiger partial charge in [-0.1, -0.05) is 6.07 Å². The van der Waals surface area contributed by atoms with Gasteiger partial charge in [0.25, 0.3) is 5.91 Å². The van der Waals surface area contributed by atoms with Crippen LogP contribution in [0.1, 0.15) is 29.9 Å². The van der Waals surface area contributed by atoms with Crippen LogP contribution in [-0.4, -0.2) is 22.1 Å². The van der Waals surface area contributed by atoms with Crippen molar-refractivity contribution in [3.8, 4) is 0 Å². The fourth-order valence-electron chi connectivity index (χ4n) is 1.73. The number of rotatable bonds is 4. The third-order valence-electron chi connectivity index (χ3n) is 2.71. The van der Waals surface area contributed by atoms with Crippen molar-refractivity contribution in [3.05, 3.63) is 46.1 Å². The average Bonchev–Trinajstić information content (AvgIpc) is 2.42. The number of carbonyl (C=O) groups is 1. The molecule has 2 rings (SSSR count). The molecule has 21 heavy (non-hydrogen) atoms. The van der Waals surface area contributed by atoms with Crippen molar-refractivity contribution in [2.24, 2.45) is 0 Å². The van der Waals surface area contributed by atoms with E-state index in [4.69, 9.17) is 0 Å². The first kappa shape index (κ1) is 15.4. The number of aromatic nitrogens is 2. The number of carbonyl (C=O) groups excluding carboxylic acids is 1. The summed E-state index contributed by atoms with van der Waals surface area (Å²) >= 11 is 3.43. The maximum Gasteiger partial charge on any atom is 0.276 e. The SMILES string of the molecule is Cc1ccc(NC(=O)c2ccc(NC(C)C)nn2)c(Br)c1. The van der Waals surface area contributed by atoms with Crippen molar-refractivity contribution in [3.63, 3.8) is 0 Å². The molecule has 0 aliphatic heterocycles. The molecule has 0 fully saturated rings. The Hall–Kier alpha value is -1.95. The first-order chi connectivity index (χ1) is 9.95. The minimum Gasteiger partial charge on any atom is -0.366 e. The summed E-state index contributed by atoms with van der Waals surface area (Å²) in [5.74, 6) is 0.362. The molecule has 1 heterocycles. The van der Waals surface area contributed by atoms with Gasteiger partial charge in [-0.25, -0.2) is 0 Å². The Kier molecular flexibility index (Phi) is 4.90. The van der Waals surface area contributed by atoms with Crippen LogP contribution in [0.3, 0.4) is 0 Å². The molecule has 6 heteroatoms. The summed E-state index contributed by atoms with van der Waals surface area (Å²) in [5, 5.41) is 13.8. The second kappa shape index (κ2) is 6.67. The van der Waals surface area contributed by atoms with E-state index < -0.39 is 0 Å². The van der Waals surface area contributed by atoms with E-state index in [1.54, 1.807) is 12.1 Å². The molecule has 1 aromatic carbocycles. The summed E-state index contributed by atoms with van der Waals surface area (Å²) < 4.78 is 0.835. The molecule has 2 N–H and O–H groups in total. The average molecular weight is 349 g/mol. The molecule has 1 aromatic heterocycles. The first-order valence-electron chi connectivity index (χ1n) is 6.63. The maximum atomic E-state index is 12.1. The van der Waals surface area contributed by atoms with Crippen LogP contribution in [0.4, 0.5) is 11.5 Å². The molecule has 0 saturated carbocycles. The highest BCUT2D eigenvalue weighted by atomic mass is 79.9. The molecule has 0 bridgehead atoms. The number of nitrogens with zero attached hydrogens (tertiary/aromatic N) is 2. The number of halogens is 1. The van der Waals surface area contributed by atoms with Gasteiger partial charge in [-0.3, -0.25) is 4.79 Å². The zero-order valence-corrected chi connectivity index (χ0v) is 13.7. The Balaban J connectivity index is 2.09. The summed E-state index contributed by atoms with van der Waals surface area (Å²) in [6.07, 6.45) is 0. The van der Waals surface area contributed by atoms with Gasteiger partial charge in [0.15, 0.2) is 5.69 Å². The van der Waals surface area contributed by atoms with Crippen LogP contribution in [0.15, 0.2) is 34.8 Å². The molecule has 2 aromatic rings. The summed E-state index contributed by atoms with van der Waals surface area (Å²) in [6, 6.07) is 9.38. The molecule has 0 aliphatic rings. The number of benzene rings is 1. The molecule has 0 atom stereocenters. The van der Waals surface area contributed by atoms with Crippen molar-refractivity contribution in [2.75, 3.05) is 10.6 Å². The van der Waals surface area contributed by atoms with Gasteiger partial charge in [-0.2, -0.15) is 0 Å². The van der Waals surface area contributed by atoms with Gasteiger partial charge in [0, 0.05) is 10.5 Å². The van der Waals surface area contributed by atoms with E-state index in [-0.39, 0.29) is 17.6 Å². The molecule has 5 nitrogen and oxygen atoms in total. The van der Waals surface area contributed by atoms with Crippen molar-refractivity contribution in [1.29, 1.82) is 0 Å². The Morgan fingerprint density at radius 2 is 1.95 bits per heavy atom. The minimum atomic E-state index is -0.289. The number of aryl methyl sites for hydroxylation is 1. The lowest BCUT2D eigenvalue weighted by molar-refractivity contribution is 0.102. The zero-order valence-electron chi connectivity index (χ0n) is 12.1. The molecule has 0 unspecified atom stereocenters. The van der Waals surface area contributed by atoms with E-state index in [9.17, 15) is 4.79 Å². The fraction of sp³-hybridized carbons (Fsp3) is 0.267. The van der Waals surface area contributed by atoms with E-state index in [0.29, 0.717) is 11.5 Å². The second-order valence-electron chi connectivity index (χ2n) is 5.04. The Bertz CT molecular complexity index is 641. The van der Waals surface area contributed by atoms with Crippen LogP contribution < -0.4 is 10.6 Å². The predicted molar refractivity (Wildman–Crippen MR) is 87.6 cm³/mol. The summed E-state index contributed by atoms with van der Waals surface area (Å²) in [4.78, 5) is 12.1. The third-order valence-corrected chi connectivity index (χ3v) is 3.36. The van der Waals surface area contributed by atoms with Crippen LogP contribution in [-0.2, 0) is 0 Å². The standard InChI is InChI=1S/C15H17BrN4O/c1-9(2)17-14-7-6-13(19-20-14)15(21)18-12-5-4-10(3)8-11(12)16/h4-9H,1-3H3,(H,17,20)(H,18,21). The molecule has 0 radical (unpaired) electrons. The lowest BCUT2D eigenvalue weighted by atomic mass is 10.2. The maximum absolute atomic E-state index is 12.1. The van der Waals surface area contributed by atoms with Gasteiger partial charge < -0.3 is 10.6 Å². The van der Waals surface area contributed by atoms with Gasteiger partial charge in [0.05, 0.1) is 5.69 Å². The molecule has 0 spiro atoms. The number of hydrogen-bond donors (Lipinski definition) is 2. The number of hydrogen-bond acceptors (Lipinski definition) is 4. The Labute approximate surface area is 132 Å². The van der Waals surface area contributed by atoms with Crippen molar-refractivity contribution >= 4 is 33.3 Å². The van der Waals surface area contributed by atoms with E-state index in [0.717, 1.165) is 10.0 Å².